The van der Waals surface area contributed by atoms with Gasteiger partial charge < -0.3 is 9.80 Å². The summed E-state index contributed by atoms with van der Waals surface area (Å²) in [5, 5.41) is 0. The molecule has 164 valence electrons. The zero-order valence-electron chi connectivity index (χ0n) is 19.5. The minimum atomic E-state index is 1.02. The van der Waals surface area contributed by atoms with Gasteiger partial charge in [0.25, 0.3) is 0 Å². The highest BCUT2D eigenvalue weighted by molar-refractivity contribution is 7.90. The molecule has 2 heterocycles. The number of aryl methyl sites for hydroxylation is 2. The van der Waals surface area contributed by atoms with Gasteiger partial charge in [0.2, 0.25) is 0 Å². The Morgan fingerprint density at radius 1 is 0.862 bits per heavy atom. The number of allylic oxidation sites excluding steroid dienone is 2. The van der Waals surface area contributed by atoms with Gasteiger partial charge in [-0.3, -0.25) is 0 Å². The average Bonchev–Trinajstić information content (AvgIpc) is 3.24. The van der Waals surface area contributed by atoms with Gasteiger partial charge in [0.1, 0.15) is 0 Å². The molecule has 0 saturated heterocycles. The monoisotopic (exact) mass is 452 g/mol. The molecule has 0 fully saturated rings. The summed E-state index contributed by atoms with van der Waals surface area (Å²) in [6.45, 7) is 11.0. The molecule has 0 aromatic carbocycles. The Morgan fingerprint density at radius 2 is 1.38 bits per heavy atom. The first kappa shape index (κ1) is 28.1. The molecule has 5 heteroatoms. The maximum Gasteiger partial charge on any atom is 0.0406 e. The van der Waals surface area contributed by atoms with E-state index in [4.69, 9.17) is 0 Å². The minimum absolute atomic E-state index is 1.02. The van der Waals surface area contributed by atoms with Crippen molar-refractivity contribution in [2.75, 3.05) is 41.3 Å². The molecule has 2 rings (SSSR count). The molecule has 2 aromatic heterocycles. The molecule has 2 nitrogen and oxygen atoms in total. The summed E-state index contributed by atoms with van der Waals surface area (Å²) in [7, 11) is 8.35. The lowest BCUT2D eigenvalue weighted by Crippen LogP contribution is -2.11. The Balaban J connectivity index is 0.000000542. The Morgan fingerprint density at radius 3 is 1.72 bits per heavy atom. The molecule has 0 aliphatic heterocycles. The first-order valence-corrected chi connectivity index (χ1v) is 12.3. The third-order valence-corrected chi connectivity index (χ3v) is 6.15. The SMILES string of the molecule is CCCN(C)C.CCCN(C)C.Cc1ccc(/C=C/C=C(\S)c2ccc(C)s2)s1. The first-order valence-electron chi connectivity index (χ1n) is 10.2. The molecule has 2 aromatic rings. The van der Waals surface area contributed by atoms with E-state index in [1.165, 1.54) is 45.4 Å². The molecule has 0 saturated carbocycles. The summed E-state index contributed by atoms with van der Waals surface area (Å²) in [5.41, 5.74) is 0. The molecule has 0 N–H and O–H groups in total. The van der Waals surface area contributed by atoms with Crippen LogP contribution < -0.4 is 0 Å². The highest BCUT2D eigenvalue weighted by atomic mass is 32.1. The highest BCUT2D eigenvalue weighted by Gasteiger charge is 1.98. The van der Waals surface area contributed by atoms with Crippen molar-refractivity contribution in [3.63, 3.8) is 0 Å². The van der Waals surface area contributed by atoms with Crippen LogP contribution in [-0.4, -0.2) is 51.1 Å². The molecule has 0 unspecified atom stereocenters. The van der Waals surface area contributed by atoms with Gasteiger partial charge in [0, 0.05) is 24.4 Å². The van der Waals surface area contributed by atoms with Crippen molar-refractivity contribution in [2.45, 2.75) is 40.5 Å². The summed E-state index contributed by atoms with van der Waals surface area (Å²) in [6, 6.07) is 8.51. The third-order valence-electron chi connectivity index (χ3n) is 3.61. The number of hydrogen-bond donors (Lipinski definition) is 1. The molecule has 0 radical (unpaired) electrons. The van der Waals surface area contributed by atoms with E-state index in [0.29, 0.717) is 0 Å². The number of thiophene rings is 2. The van der Waals surface area contributed by atoms with E-state index < -0.39 is 0 Å². The van der Waals surface area contributed by atoms with Crippen molar-refractivity contribution < 1.29 is 0 Å². The Hall–Kier alpha value is -0.850. The van der Waals surface area contributed by atoms with Crippen LogP contribution in [0.3, 0.4) is 0 Å². The Bertz CT molecular complexity index is 699. The summed E-state index contributed by atoms with van der Waals surface area (Å²) >= 11 is 8.08. The third kappa shape index (κ3) is 15.6. The van der Waals surface area contributed by atoms with E-state index in [1.807, 2.05) is 6.08 Å². The predicted octanol–water partition coefficient (Wildman–Crippen LogP) is 7.33. The number of nitrogens with zero attached hydrogens (tertiary/aromatic N) is 2. The van der Waals surface area contributed by atoms with Crippen molar-refractivity contribution in [3.05, 3.63) is 55.9 Å². The molecule has 29 heavy (non-hydrogen) atoms. The van der Waals surface area contributed by atoms with Crippen molar-refractivity contribution in [2.24, 2.45) is 0 Å². The largest absolute Gasteiger partial charge is 0.309 e. The van der Waals surface area contributed by atoms with Crippen LogP contribution in [0.25, 0.3) is 11.0 Å². The lowest BCUT2D eigenvalue weighted by molar-refractivity contribution is 0.408. The maximum absolute atomic E-state index is 4.51. The highest BCUT2D eigenvalue weighted by Crippen LogP contribution is 2.26. The molecule has 0 aliphatic carbocycles. The van der Waals surface area contributed by atoms with Crippen LogP contribution in [0.4, 0.5) is 0 Å². The normalized spacial score (nSPS) is 11.5. The predicted molar refractivity (Wildman–Crippen MR) is 142 cm³/mol. The molecule has 0 spiro atoms. The molecule has 0 amide bonds. The fourth-order valence-electron chi connectivity index (χ4n) is 2.33. The quantitative estimate of drug-likeness (QED) is 0.347. The summed E-state index contributed by atoms with van der Waals surface area (Å²) < 4.78 is 0. The van der Waals surface area contributed by atoms with Crippen LogP contribution in [-0.2, 0) is 0 Å². The van der Waals surface area contributed by atoms with Crippen LogP contribution in [0.2, 0.25) is 0 Å². The summed E-state index contributed by atoms with van der Waals surface area (Å²) in [5.74, 6) is 0. The van der Waals surface area contributed by atoms with Crippen molar-refractivity contribution >= 4 is 46.3 Å². The lowest BCUT2D eigenvalue weighted by Gasteiger charge is -2.03. The fourth-order valence-corrected chi connectivity index (χ4v) is 4.21. The zero-order valence-corrected chi connectivity index (χ0v) is 22.1. The van der Waals surface area contributed by atoms with Crippen molar-refractivity contribution in [1.82, 2.24) is 9.80 Å². The van der Waals surface area contributed by atoms with Gasteiger partial charge in [0.15, 0.2) is 0 Å². The Labute approximate surface area is 193 Å². The number of rotatable bonds is 7. The lowest BCUT2D eigenvalue weighted by atomic mass is 10.3. The van der Waals surface area contributed by atoms with Gasteiger partial charge in [-0.25, -0.2) is 0 Å². The molecule has 0 atom stereocenters. The second kappa shape index (κ2) is 16.9. The summed E-state index contributed by atoms with van der Waals surface area (Å²) in [6.07, 6.45) is 8.74. The van der Waals surface area contributed by atoms with Crippen LogP contribution >= 0.6 is 35.3 Å². The van der Waals surface area contributed by atoms with Crippen molar-refractivity contribution in [3.8, 4) is 0 Å². The summed E-state index contributed by atoms with van der Waals surface area (Å²) in [4.78, 5) is 10.5. The van der Waals surface area contributed by atoms with Crippen LogP contribution in [0.1, 0.15) is 46.2 Å². The van der Waals surface area contributed by atoms with Gasteiger partial charge in [-0.15, -0.1) is 35.3 Å². The van der Waals surface area contributed by atoms with Gasteiger partial charge in [-0.2, -0.15) is 0 Å². The van der Waals surface area contributed by atoms with Crippen LogP contribution in [0, 0.1) is 13.8 Å². The zero-order chi connectivity index (χ0) is 22.2. The van der Waals surface area contributed by atoms with Gasteiger partial charge >= 0.3 is 0 Å². The van der Waals surface area contributed by atoms with Crippen LogP contribution in [0.15, 0.2) is 36.4 Å². The van der Waals surface area contributed by atoms with E-state index in [-0.39, 0.29) is 0 Å². The fraction of sp³-hybridized carbons (Fsp3) is 0.500. The number of hydrogen-bond acceptors (Lipinski definition) is 5. The Kier molecular flexibility index (Phi) is 16.4. The van der Waals surface area contributed by atoms with E-state index in [2.05, 4.69) is 115 Å². The topological polar surface area (TPSA) is 6.48 Å². The standard InChI is InChI=1S/C14H14S3.2C5H13N/c1-10-6-8-12(16-10)4-3-5-13(15)14-9-7-11(2)17-14;2*1-4-5-6(2)3/h3-9,15H,1-2H3;2*4-5H2,1-3H3/b4-3+,13-5-;;. The maximum atomic E-state index is 4.51. The molecule has 0 bridgehead atoms. The van der Waals surface area contributed by atoms with Gasteiger partial charge in [-0.05, 0) is 104 Å². The molecular weight excluding hydrogens is 412 g/mol. The number of thiol groups is 1. The average molecular weight is 453 g/mol. The van der Waals surface area contributed by atoms with Crippen LogP contribution in [0.5, 0.6) is 0 Å². The second-order valence-electron chi connectivity index (χ2n) is 7.38. The van der Waals surface area contributed by atoms with E-state index >= 15 is 0 Å². The minimum Gasteiger partial charge on any atom is -0.309 e. The van der Waals surface area contributed by atoms with E-state index in [0.717, 1.165) is 4.91 Å². The second-order valence-corrected chi connectivity index (χ2v) is 10.5. The van der Waals surface area contributed by atoms with Crippen molar-refractivity contribution in [1.29, 1.82) is 0 Å². The van der Waals surface area contributed by atoms with Gasteiger partial charge in [-0.1, -0.05) is 19.9 Å². The van der Waals surface area contributed by atoms with E-state index in [1.54, 1.807) is 22.7 Å². The first-order chi connectivity index (χ1) is 13.7. The van der Waals surface area contributed by atoms with E-state index in [9.17, 15) is 0 Å². The molecule has 0 aliphatic rings. The smallest absolute Gasteiger partial charge is 0.0406 e. The van der Waals surface area contributed by atoms with Gasteiger partial charge in [0.05, 0.1) is 0 Å². The molecular formula is C24H40N2S3.